The smallest absolute Gasteiger partial charge is 0.253 e. The van der Waals surface area contributed by atoms with Crippen molar-refractivity contribution in [1.29, 1.82) is 0 Å². The molecule has 140 valence electrons. The van der Waals surface area contributed by atoms with E-state index in [0.29, 0.717) is 23.9 Å². The summed E-state index contributed by atoms with van der Waals surface area (Å²) in [6.45, 7) is 2.10. The van der Waals surface area contributed by atoms with Crippen LogP contribution in [0.2, 0.25) is 5.02 Å². The molecule has 0 radical (unpaired) electrons. The monoisotopic (exact) mass is 382 g/mol. The highest BCUT2D eigenvalue weighted by atomic mass is 35.5. The lowest BCUT2D eigenvalue weighted by molar-refractivity contribution is -0.134. The molecule has 5 heteroatoms. The topological polar surface area (TPSA) is 40.6 Å². The summed E-state index contributed by atoms with van der Waals surface area (Å²) in [4.78, 5) is 29.8. The number of hydrogen-bond donors (Lipinski definition) is 0. The highest BCUT2D eigenvalue weighted by Crippen LogP contribution is 2.29. The van der Waals surface area contributed by atoms with Gasteiger partial charge >= 0.3 is 0 Å². The SMILES string of the molecule is O=C(c1ccccc1)N1C[C@H]2CC[C@@H](C1)N(C(=O)Cc1ccc(Cl)cc1)C2. The zero-order chi connectivity index (χ0) is 18.8. The van der Waals surface area contributed by atoms with Gasteiger partial charge in [-0.05, 0) is 48.6 Å². The van der Waals surface area contributed by atoms with Crippen LogP contribution in [0.1, 0.15) is 28.8 Å². The summed E-state index contributed by atoms with van der Waals surface area (Å²) in [5.74, 6) is 0.561. The van der Waals surface area contributed by atoms with Crippen LogP contribution in [-0.4, -0.2) is 47.3 Å². The molecule has 3 aliphatic heterocycles. The van der Waals surface area contributed by atoms with E-state index in [0.717, 1.165) is 37.1 Å². The molecule has 5 rings (SSSR count). The Morgan fingerprint density at radius 1 is 0.926 bits per heavy atom. The van der Waals surface area contributed by atoms with Crippen LogP contribution in [0.3, 0.4) is 0 Å². The predicted octanol–water partition coefficient (Wildman–Crippen LogP) is 3.65. The fourth-order valence-electron chi connectivity index (χ4n) is 4.19. The van der Waals surface area contributed by atoms with Crippen molar-refractivity contribution in [3.8, 4) is 0 Å². The van der Waals surface area contributed by atoms with E-state index in [4.69, 9.17) is 11.6 Å². The van der Waals surface area contributed by atoms with E-state index in [9.17, 15) is 9.59 Å². The molecule has 2 atom stereocenters. The highest BCUT2D eigenvalue weighted by Gasteiger charge is 2.38. The molecule has 2 amide bonds. The van der Waals surface area contributed by atoms with E-state index < -0.39 is 0 Å². The van der Waals surface area contributed by atoms with Crippen LogP contribution in [0, 0.1) is 5.92 Å². The third-order valence-electron chi connectivity index (χ3n) is 5.61. The van der Waals surface area contributed by atoms with Gasteiger partial charge in [-0.25, -0.2) is 0 Å². The molecule has 0 saturated carbocycles. The molecule has 0 spiro atoms. The minimum absolute atomic E-state index is 0.0690. The number of nitrogens with zero attached hydrogens (tertiary/aromatic N) is 2. The molecule has 4 nitrogen and oxygen atoms in total. The highest BCUT2D eigenvalue weighted by molar-refractivity contribution is 6.30. The minimum Gasteiger partial charge on any atom is -0.337 e. The van der Waals surface area contributed by atoms with Crippen LogP contribution in [-0.2, 0) is 11.2 Å². The summed E-state index contributed by atoms with van der Waals surface area (Å²) in [6, 6.07) is 17.0. The number of fused-ring (bicyclic) bond motifs is 4. The first-order valence-electron chi connectivity index (χ1n) is 9.48. The summed E-state index contributed by atoms with van der Waals surface area (Å²) >= 11 is 5.93. The molecule has 0 aliphatic carbocycles. The summed E-state index contributed by atoms with van der Waals surface area (Å²) < 4.78 is 0. The van der Waals surface area contributed by atoms with Gasteiger partial charge in [0.25, 0.3) is 5.91 Å². The van der Waals surface area contributed by atoms with E-state index in [1.165, 1.54) is 0 Å². The largest absolute Gasteiger partial charge is 0.337 e. The van der Waals surface area contributed by atoms with Crippen molar-refractivity contribution < 1.29 is 9.59 Å². The fraction of sp³-hybridized carbons (Fsp3) is 0.364. The van der Waals surface area contributed by atoms with E-state index in [1.54, 1.807) is 0 Å². The molecule has 27 heavy (non-hydrogen) atoms. The lowest BCUT2D eigenvalue weighted by Gasteiger charge is -2.36. The van der Waals surface area contributed by atoms with Crippen LogP contribution in [0.4, 0.5) is 0 Å². The van der Waals surface area contributed by atoms with E-state index in [2.05, 4.69) is 0 Å². The number of amides is 2. The summed E-state index contributed by atoms with van der Waals surface area (Å²) in [5, 5.41) is 0.676. The number of carbonyl (C=O) groups is 2. The Hall–Kier alpha value is -2.33. The zero-order valence-corrected chi connectivity index (χ0v) is 15.9. The zero-order valence-electron chi connectivity index (χ0n) is 15.2. The Kier molecular flexibility index (Phi) is 5.17. The molecule has 2 aromatic carbocycles. The summed E-state index contributed by atoms with van der Waals surface area (Å²) in [5.41, 5.74) is 1.69. The second-order valence-corrected chi connectivity index (χ2v) is 7.96. The Morgan fingerprint density at radius 3 is 2.41 bits per heavy atom. The van der Waals surface area contributed by atoms with Gasteiger partial charge in [-0.3, -0.25) is 9.59 Å². The maximum Gasteiger partial charge on any atom is 0.253 e. The average Bonchev–Trinajstić information content (AvgIpc) is 3.02. The first-order valence-corrected chi connectivity index (χ1v) is 9.86. The third kappa shape index (κ3) is 4.01. The number of hydrogen-bond acceptors (Lipinski definition) is 2. The molecule has 2 aromatic rings. The van der Waals surface area contributed by atoms with E-state index in [1.807, 2.05) is 64.4 Å². The molecule has 2 bridgehead atoms. The fourth-order valence-corrected chi connectivity index (χ4v) is 4.32. The molecule has 0 N–H and O–H groups in total. The Labute approximate surface area is 164 Å². The van der Waals surface area contributed by atoms with Crippen LogP contribution in [0.15, 0.2) is 54.6 Å². The van der Waals surface area contributed by atoms with Gasteiger partial charge in [0, 0.05) is 36.3 Å². The number of piperidine rings is 1. The number of benzene rings is 2. The van der Waals surface area contributed by atoms with Crippen molar-refractivity contribution in [2.24, 2.45) is 5.92 Å². The van der Waals surface area contributed by atoms with Gasteiger partial charge in [-0.1, -0.05) is 41.9 Å². The normalized spacial score (nSPS) is 21.8. The van der Waals surface area contributed by atoms with Crippen LogP contribution < -0.4 is 0 Å². The van der Waals surface area contributed by atoms with E-state index in [-0.39, 0.29) is 17.9 Å². The molecule has 3 fully saturated rings. The molecule has 3 saturated heterocycles. The minimum atomic E-state index is 0.0690. The van der Waals surface area contributed by atoms with Crippen molar-refractivity contribution in [2.75, 3.05) is 19.6 Å². The first-order chi connectivity index (χ1) is 13.1. The van der Waals surface area contributed by atoms with Crippen molar-refractivity contribution in [2.45, 2.75) is 25.3 Å². The van der Waals surface area contributed by atoms with Gasteiger partial charge in [-0.15, -0.1) is 0 Å². The Morgan fingerprint density at radius 2 is 1.67 bits per heavy atom. The van der Waals surface area contributed by atoms with Crippen molar-refractivity contribution >= 4 is 23.4 Å². The molecular weight excluding hydrogens is 360 g/mol. The maximum atomic E-state index is 12.9. The van der Waals surface area contributed by atoms with Crippen LogP contribution >= 0.6 is 11.6 Å². The molecule has 3 aliphatic rings. The van der Waals surface area contributed by atoms with Crippen molar-refractivity contribution in [3.05, 3.63) is 70.7 Å². The average molecular weight is 383 g/mol. The Balaban J connectivity index is 1.47. The molecular formula is C22H23ClN2O2. The van der Waals surface area contributed by atoms with Crippen LogP contribution in [0.25, 0.3) is 0 Å². The van der Waals surface area contributed by atoms with Gasteiger partial charge in [0.2, 0.25) is 5.91 Å². The van der Waals surface area contributed by atoms with Gasteiger partial charge in [0.15, 0.2) is 0 Å². The first kappa shape index (κ1) is 18.1. The van der Waals surface area contributed by atoms with Gasteiger partial charge in [0.1, 0.15) is 0 Å². The Bertz CT molecular complexity index is 822. The van der Waals surface area contributed by atoms with Crippen molar-refractivity contribution in [1.82, 2.24) is 9.80 Å². The van der Waals surface area contributed by atoms with E-state index >= 15 is 0 Å². The molecule has 3 heterocycles. The second kappa shape index (κ2) is 7.73. The lowest BCUT2D eigenvalue weighted by atomic mass is 9.94. The maximum absolute atomic E-state index is 12.9. The standard InChI is InChI=1S/C22H23ClN2O2/c23-19-9-6-16(7-10-19)12-21(26)25-14-17-8-11-20(25)15-24(13-17)22(27)18-4-2-1-3-5-18/h1-7,9-10,17,20H,8,11-15H2/t17-,20+/m1/s1. The summed E-state index contributed by atoms with van der Waals surface area (Å²) in [7, 11) is 0. The lowest BCUT2D eigenvalue weighted by Crippen LogP contribution is -2.48. The van der Waals surface area contributed by atoms with Gasteiger partial charge in [0.05, 0.1) is 6.42 Å². The van der Waals surface area contributed by atoms with Gasteiger partial charge < -0.3 is 9.80 Å². The number of halogens is 1. The van der Waals surface area contributed by atoms with Gasteiger partial charge in [-0.2, -0.15) is 0 Å². The summed E-state index contributed by atoms with van der Waals surface area (Å²) in [6.07, 6.45) is 2.43. The number of carbonyl (C=O) groups excluding carboxylic acids is 2. The number of rotatable bonds is 3. The third-order valence-corrected chi connectivity index (χ3v) is 5.86. The van der Waals surface area contributed by atoms with Crippen molar-refractivity contribution in [3.63, 3.8) is 0 Å². The molecule has 0 unspecified atom stereocenters. The quantitative estimate of drug-likeness (QED) is 0.813. The van der Waals surface area contributed by atoms with Crippen LogP contribution in [0.5, 0.6) is 0 Å². The predicted molar refractivity (Wildman–Crippen MR) is 106 cm³/mol. The molecule has 0 aromatic heterocycles. The second-order valence-electron chi connectivity index (χ2n) is 7.52.